The lowest BCUT2D eigenvalue weighted by atomic mass is 9.88. The van der Waals surface area contributed by atoms with Crippen LogP contribution in [0.25, 0.3) is 0 Å². The van der Waals surface area contributed by atoms with Crippen molar-refractivity contribution in [3.8, 4) is 6.07 Å². The van der Waals surface area contributed by atoms with E-state index in [0.717, 1.165) is 17.7 Å². The Morgan fingerprint density at radius 1 is 1.21 bits per heavy atom. The Morgan fingerprint density at radius 3 is 2.64 bits per heavy atom. The fourth-order valence-corrected chi connectivity index (χ4v) is 3.74. The Bertz CT molecular complexity index is 1040. The number of aliphatic imine (C=N–C) groups is 1. The van der Waals surface area contributed by atoms with Crippen molar-refractivity contribution < 1.29 is 9.59 Å². The van der Waals surface area contributed by atoms with Crippen molar-refractivity contribution in [3.05, 3.63) is 64.7 Å². The normalized spacial score (nSPS) is 21.3. The Balaban J connectivity index is 1.79. The van der Waals surface area contributed by atoms with E-state index in [1.165, 1.54) is 6.21 Å². The minimum atomic E-state index is -0.850. The summed E-state index contributed by atoms with van der Waals surface area (Å²) in [4.78, 5) is 32.0. The summed E-state index contributed by atoms with van der Waals surface area (Å²) in [7, 11) is 0. The molecule has 1 saturated carbocycles. The Morgan fingerprint density at radius 2 is 1.96 bits per heavy atom. The number of benzene rings is 2. The maximum Gasteiger partial charge on any atom is 0.265 e. The highest BCUT2D eigenvalue weighted by molar-refractivity contribution is 6.32. The first-order valence-electron chi connectivity index (χ1n) is 9.14. The molecule has 0 radical (unpaired) electrons. The molecular weight excluding hydrogens is 374 g/mol. The van der Waals surface area contributed by atoms with E-state index in [0.29, 0.717) is 21.8 Å². The Hall–Kier alpha value is -2.97. The molecule has 0 bridgehead atoms. The number of imide groups is 1. The second-order valence-electron chi connectivity index (χ2n) is 7.34. The van der Waals surface area contributed by atoms with Crippen LogP contribution < -0.4 is 4.90 Å². The van der Waals surface area contributed by atoms with Crippen LogP contribution in [0, 0.1) is 17.2 Å². The number of nitrogens with zero attached hydrogens (tertiary/aromatic N) is 3. The fraction of sp³-hybridized carbons (Fsp3) is 0.273. The molecule has 5 nitrogen and oxygen atoms in total. The molecule has 1 fully saturated rings. The van der Waals surface area contributed by atoms with Gasteiger partial charge in [0.2, 0.25) is 5.91 Å². The number of anilines is 1. The highest BCUT2D eigenvalue weighted by Crippen LogP contribution is 2.42. The largest absolute Gasteiger partial charge is 0.275 e. The topological polar surface area (TPSA) is 73.5 Å². The predicted molar refractivity (Wildman–Crippen MR) is 108 cm³/mol. The number of rotatable bonds is 4. The number of carbonyl (C=O) groups is 2. The zero-order chi connectivity index (χ0) is 19.9. The molecule has 2 atom stereocenters. The second kappa shape index (κ2) is 6.88. The molecule has 2 aromatic carbocycles. The first kappa shape index (κ1) is 18.4. The van der Waals surface area contributed by atoms with Crippen LogP contribution in [0.3, 0.4) is 0 Å². The van der Waals surface area contributed by atoms with E-state index in [-0.39, 0.29) is 5.92 Å². The molecule has 2 aliphatic rings. The number of fused-ring (bicyclic) bond motifs is 1. The average Bonchev–Trinajstić information content (AvgIpc) is 3.54. The summed E-state index contributed by atoms with van der Waals surface area (Å²) in [5.41, 5.74) is 0.622. The van der Waals surface area contributed by atoms with E-state index < -0.39 is 23.3 Å². The molecule has 1 unspecified atom stereocenters. The first-order chi connectivity index (χ1) is 13.4. The van der Waals surface area contributed by atoms with E-state index in [9.17, 15) is 14.9 Å². The van der Waals surface area contributed by atoms with Gasteiger partial charge in [-0.1, -0.05) is 35.9 Å². The standard InChI is InChI=1S/C22H18ClN3O2/c1-22(13-24,14-9-10-14)25-12-19-17-7-2-3-8-18(17)20(27)26(21(19)28)16-6-4-5-15(23)11-16/h2-8,11-12,14,19H,9-10H2,1H3/t19?,22-/m1/s1. The van der Waals surface area contributed by atoms with Crippen molar-refractivity contribution in [2.75, 3.05) is 4.90 Å². The summed E-state index contributed by atoms with van der Waals surface area (Å²) in [6.45, 7) is 1.79. The average molecular weight is 392 g/mol. The van der Waals surface area contributed by atoms with Gasteiger partial charge in [-0.05, 0) is 55.5 Å². The fourth-order valence-electron chi connectivity index (χ4n) is 3.56. The second-order valence-corrected chi connectivity index (χ2v) is 7.77. The Kier molecular flexibility index (Phi) is 4.52. The van der Waals surface area contributed by atoms with Crippen LogP contribution in [0.15, 0.2) is 53.5 Å². The lowest BCUT2D eigenvalue weighted by molar-refractivity contribution is -0.118. The molecule has 1 heterocycles. The van der Waals surface area contributed by atoms with Gasteiger partial charge >= 0.3 is 0 Å². The number of hydrogen-bond acceptors (Lipinski definition) is 4. The monoisotopic (exact) mass is 391 g/mol. The lowest BCUT2D eigenvalue weighted by Gasteiger charge is -2.31. The van der Waals surface area contributed by atoms with Crippen LogP contribution >= 0.6 is 11.6 Å². The maximum absolute atomic E-state index is 13.3. The summed E-state index contributed by atoms with van der Waals surface area (Å²) < 4.78 is 0. The molecule has 0 aromatic heterocycles. The summed E-state index contributed by atoms with van der Waals surface area (Å²) in [6, 6.07) is 15.9. The number of amides is 2. The van der Waals surface area contributed by atoms with Crippen LogP contribution in [-0.2, 0) is 4.79 Å². The molecule has 4 rings (SSSR count). The maximum atomic E-state index is 13.3. The molecule has 2 aromatic rings. The van der Waals surface area contributed by atoms with Crippen LogP contribution in [0.5, 0.6) is 0 Å². The van der Waals surface area contributed by atoms with E-state index in [1.807, 2.05) is 0 Å². The zero-order valence-corrected chi connectivity index (χ0v) is 16.1. The lowest BCUT2D eigenvalue weighted by Crippen LogP contribution is -2.45. The van der Waals surface area contributed by atoms with Gasteiger partial charge in [0.25, 0.3) is 5.91 Å². The van der Waals surface area contributed by atoms with Crippen LogP contribution in [0.2, 0.25) is 5.02 Å². The van der Waals surface area contributed by atoms with Crippen molar-refractivity contribution in [1.82, 2.24) is 0 Å². The summed E-state index contributed by atoms with van der Waals surface area (Å²) in [6.07, 6.45) is 3.46. The molecule has 1 aliphatic heterocycles. The summed E-state index contributed by atoms with van der Waals surface area (Å²) in [5, 5.41) is 10.00. The highest BCUT2D eigenvalue weighted by Gasteiger charge is 2.43. The number of nitriles is 1. The predicted octanol–water partition coefficient (Wildman–Crippen LogP) is 4.37. The van der Waals surface area contributed by atoms with Crippen molar-refractivity contribution in [1.29, 1.82) is 5.26 Å². The van der Waals surface area contributed by atoms with Gasteiger partial charge in [0.05, 0.1) is 17.7 Å². The van der Waals surface area contributed by atoms with Gasteiger partial charge in [0.1, 0.15) is 5.54 Å². The molecule has 140 valence electrons. The smallest absolute Gasteiger partial charge is 0.265 e. The van der Waals surface area contributed by atoms with Crippen molar-refractivity contribution >= 4 is 35.3 Å². The number of carbonyl (C=O) groups excluding carboxylic acids is 2. The Labute approximate surface area is 168 Å². The molecule has 2 amide bonds. The van der Waals surface area contributed by atoms with Crippen molar-refractivity contribution in [2.24, 2.45) is 10.9 Å². The highest BCUT2D eigenvalue weighted by atomic mass is 35.5. The van der Waals surface area contributed by atoms with Gasteiger partial charge in [-0.25, -0.2) is 4.90 Å². The number of hydrogen-bond donors (Lipinski definition) is 0. The molecule has 0 N–H and O–H groups in total. The summed E-state index contributed by atoms with van der Waals surface area (Å²) >= 11 is 6.07. The zero-order valence-electron chi connectivity index (χ0n) is 15.3. The molecule has 6 heteroatoms. The van der Waals surface area contributed by atoms with Gasteiger partial charge in [-0.3, -0.25) is 14.6 Å². The van der Waals surface area contributed by atoms with Gasteiger partial charge in [-0.2, -0.15) is 5.26 Å². The van der Waals surface area contributed by atoms with E-state index in [4.69, 9.17) is 11.6 Å². The third-order valence-corrected chi connectivity index (χ3v) is 5.61. The minimum absolute atomic E-state index is 0.216. The third-order valence-electron chi connectivity index (χ3n) is 5.37. The third kappa shape index (κ3) is 3.10. The SMILES string of the molecule is C[C@](C#N)(N=CC1C(=O)N(c2cccc(Cl)c2)C(=O)c2ccccc21)C1CC1. The van der Waals surface area contributed by atoms with E-state index >= 15 is 0 Å². The van der Waals surface area contributed by atoms with E-state index in [2.05, 4.69) is 11.1 Å². The van der Waals surface area contributed by atoms with Gasteiger partial charge in [-0.15, -0.1) is 0 Å². The molecule has 28 heavy (non-hydrogen) atoms. The van der Waals surface area contributed by atoms with E-state index in [1.54, 1.807) is 55.5 Å². The van der Waals surface area contributed by atoms with Crippen molar-refractivity contribution in [3.63, 3.8) is 0 Å². The molecule has 1 aliphatic carbocycles. The number of halogens is 1. The van der Waals surface area contributed by atoms with Gasteiger partial charge in [0, 0.05) is 16.8 Å². The molecular formula is C22H18ClN3O2. The van der Waals surface area contributed by atoms with Crippen molar-refractivity contribution in [2.45, 2.75) is 31.2 Å². The van der Waals surface area contributed by atoms with Crippen LogP contribution in [0.4, 0.5) is 5.69 Å². The quantitative estimate of drug-likeness (QED) is 0.573. The van der Waals surface area contributed by atoms with Crippen LogP contribution in [-0.4, -0.2) is 23.6 Å². The van der Waals surface area contributed by atoms with Gasteiger partial charge < -0.3 is 0 Å². The summed E-state index contributed by atoms with van der Waals surface area (Å²) in [5.74, 6) is -1.31. The van der Waals surface area contributed by atoms with Crippen LogP contribution in [0.1, 0.15) is 41.6 Å². The van der Waals surface area contributed by atoms with Gasteiger partial charge in [0.15, 0.2) is 0 Å². The molecule has 0 saturated heterocycles. The first-order valence-corrected chi connectivity index (χ1v) is 9.52. The minimum Gasteiger partial charge on any atom is -0.275 e. The molecule has 0 spiro atoms.